The van der Waals surface area contributed by atoms with E-state index < -0.39 is 0 Å². The van der Waals surface area contributed by atoms with Crippen LogP contribution in [0.1, 0.15) is 52.6 Å². The van der Waals surface area contributed by atoms with Crippen LogP contribution >= 0.6 is 0 Å². The number of benzene rings is 2. The van der Waals surface area contributed by atoms with Crippen LogP contribution in [0, 0.1) is 13.8 Å². The van der Waals surface area contributed by atoms with Crippen molar-refractivity contribution in [1.82, 2.24) is 34.3 Å². The highest BCUT2D eigenvalue weighted by molar-refractivity contribution is 5.94. The van der Waals surface area contributed by atoms with Gasteiger partial charge in [-0.2, -0.15) is 15.3 Å². The maximum absolute atomic E-state index is 11.7. The maximum atomic E-state index is 11.7. The lowest BCUT2D eigenvalue weighted by molar-refractivity contribution is 0.0600. The molecule has 4 heterocycles. The Morgan fingerprint density at radius 2 is 1.78 bits per heavy atom. The predicted octanol–water partition coefficient (Wildman–Crippen LogP) is 5.94. The zero-order valence-corrected chi connectivity index (χ0v) is 24.2. The van der Waals surface area contributed by atoms with Crippen molar-refractivity contribution in [3.63, 3.8) is 0 Å². The summed E-state index contributed by atoms with van der Waals surface area (Å²) in [5.41, 5.74) is 9.52. The van der Waals surface area contributed by atoms with E-state index in [9.17, 15) is 4.79 Å². The minimum Gasteiger partial charge on any atom is -0.465 e. The van der Waals surface area contributed by atoms with Gasteiger partial charge in [-0.15, -0.1) is 0 Å². The van der Waals surface area contributed by atoms with Crippen LogP contribution in [0.5, 0.6) is 0 Å². The van der Waals surface area contributed by atoms with Crippen LogP contribution in [-0.2, 0) is 24.8 Å². The molecule has 0 N–H and O–H groups in total. The predicted molar refractivity (Wildman–Crippen MR) is 159 cm³/mol. The lowest BCUT2D eigenvalue weighted by Gasteiger charge is -2.10. The Labute approximate surface area is 238 Å². The van der Waals surface area contributed by atoms with Crippen molar-refractivity contribution >= 4 is 27.9 Å². The second-order valence-electron chi connectivity index (χ2n) is 10.8. The Bertz CT molecular complexity index is 1910. The molecule has 0 saturated carbocycles. The standard InChI is InChI=1S/C32H33N7O2/c1-19(2)29-21(4)39(28-16-24-17-37(5)36-31(24)33-20(28)3)35-30(29)25-8-7-9-27-26(25)18-38(34-27)15-14-22-10-12-23(13-11-22)32(40)41-6/h7-13,16-19H,14-15H2,1-6H3. The molecule has 41 heavy (non-hydrogen) atoms. The van der Waals surface area contributed by atoms with E-state index in [-0.39, 0.29) is 11.9 Å². The van der Waals surface area contributed by atoms with Crippen molar-refractivity contribution in [3.8, 4) is 16.9 Å². The van der Waals surface area contributed by atoms with Crippen LogP contribution < -0.4 is 0 Å². The molecule has 6 aromatic rings. The van der Waals surface area contributed by atoms with E-state index in [0.29, 0.717) is 12.1 Å². The van der Waals surface area contributed by atoms with E-state index in [1.165, 1.54) is 12.7 Å². The number of ether oxygens (including phenoxy) is 1. The highest BCUT2D eigenvalue weighted by Crippen LogP contribution is 2.36. The minimum absolute atomic E-state index is 0.271. The first-order chi connectivity index (χ1) is 19.7. The molecule has 0 radical (unpaired) electrons. The Balaban J connectivity index is 1.37. The van der Waals surface area contributed by atoms with Crippen molar-refractivity contribution < 1.29 is 9.53 Å². The van der Waals surface area contributed by atoms with Crippen molar-refractivity contribution in [2.45, 2.75) is 46.6 Å². The highest BCUT2D eigenvalue weighted by atomic mass is 16.5. The minimum atomic E-state index is -0.329. The summed E-state index contributed by atoms with van der Waals surface area (Å²) >= 11 is 0. The Hall–Kier alpha value is -4.79. The van der Waals surface area contributed by atoms with Gasteiger partial charge in [0.2, 0.25) is 0 Å². The lowest BCUT2D eigenvalue weighted by Crippen LogP contribution is -2.04. The molecule has 0 aliphatic rings. The number of nitrogens with zero attached hydrogens (tertiary/aromatic N) is 7. The summed E-state index contributed by atoms with van der Waals surface area (Å²) in [6.07, 6.45) is 4.89. The summed E-state index contributed by atoms with van der Waals surface area (Å²) in [4.78, 5) is 16.5. The fourth-order valence-corrected chi connectivity index (χ4v) is 5.59. The van der Waals surface area contributed by atoms with E-state index in [4.69, 9.17) is 19.9 Å². The summed E-state index contributed by atoms with van der Waals surface area (Å²) in [6, 6.07) is 15.9. The lowest BCUT2D eigenvalue weighted by atomic mass is 9.95. The topological polar surface area (TPSA) is 92.7 Å². The molecular weight excluding hydrogens is 514 g/mol. The summed E-state index contributed by atoms with van der Waals surface area (Å²) < 4.78 is 10.6. The van der Waals surface area contributed by atoms with Gasteiger partial charge in [0.05, 0.1) is 35.3 Å². The molecule has 6 rings (SSSR count). The normalized spacial score (nSPS) is 11.7. The number of rotatable bonds is 7. The van der Waals surface area contributed by atoms with Crippen LogP contribution in [0.3, 0.4) is 0 Å². The zero-order chi connectivity index (χ0) is 28.8. The third-order valence-electron chi connectivity index (χ3n) is 7.60. The Morgan fingerprint density at radius 1 is 1.00 bits per heavy atom. The number of hydrogen-bond donors (Lipinski definition) is 0. The molecule has 9 nitrogen and oxygen atoms in total. The zero-order valence-electron chi connectivity index (χ0n) is 24.2. The summed E-state index contributed by atoms with van der Waals surface area (Å²) in [5, 5.41) is 16.6. The van der Waals surface area contributed by atoms with Gasteiger partial charge in [0, 0.05) is 53.6 Å². The quantitative estimate of drug-likeness (QED) is 0.230. The molecule has 9 heteroatoms. The number of aryl methyl sites for hydroxylation is 4. The molecule has 0 saturated heterocycles. The maximum Gasteiger partial charge on any atom is 0.337 e. The number of pyridine rings is 1. The summed E-state index contributed by atoms with van der Waals surface area (Å²) in [7, 11) is 3.30. The summed E-state index contributed by atoms with van der Waals surface area (Å²) in [6.45, 7) is 9.28. The van der Waals surface area contributed by atoms with Gasteiger partial charge in [0.15, 0.2) is 5.65 Å². The Kier molecular flexibility index (Phi) is 6.65. The van der Waals surface area contributed by atoms with Crippen molar-refractivity contribution in [3.05, 3.63) is 89.0 Å². The molecule has 0 aliphatic heterocycles. The van der Waals surface area contributed by atoms with E-state index in [2.05, 4.69) is 44.2 Å². The molecule has 0 unspecified atom stereocenters. The number of carbonyl (C=O) groups excluding carboxylic acids is 1. The van der Waals surface area contributed by atoms with Crippen molar-refractivity contribution in [1.29, 1.82) is 0 Å². The fraction of sp³-hybridized carbons (Fsp3) is 0.281. The Morgan fingerprint density at radius 3 is 2.51 bits per heavy atom. The van der Waals surface area contributed by atoms with Gasteiger partial charge < -0.3 is 4.74 Å². The van der Waals surface area contributed by atoms with Crippen LogP contribution in [0.15, 0.2) is 60.9 Å². The molecular formula is C32H33N7O2. The number of hydrogen-bond acceptors (Lipinski definition) is 6. The molecule has 0 bridgehead atoms. The van der Waals surface area contributed by atoms with Crippen LogP contribution in [0.25, 0.3) is 38.9 Å². The van der Waals surface area contributed by atoms with Crippen LogP contribution in [-0.4, -0.2) is 47.4 Å². The largest absolute Gasteiger partial charge is 0.465 e. The van der Waals surface area contributed by atoms with E-state index >= 15 is 0 Å². The van der Waals surface area contributed by atoms with Gasteiger partial charge in [0.25, 0.3) is 0 Å². The third kappa shape index (κ3) is 4.77. The molecule has 0 fully saturated rings. The summed E-state index contributed by atoms with van der Waals surface area (Å²) in [5.74, 6) is -0.0581. The van der Waals surface area contributed by atoms with E-state index in [0.717, 1.165) is 62.3 Å². The monoisotopic (exact) mass is 547 g/mol. The molecule has 2 aromatic carbocycles. The van der Waals surface area contributed by atoms with E-state index in [1.54, 1.807) is 16.8 Å². The van der Waals surface area contributed by atoms with Gasteiger partial charge in [-0.25, -0.2) is 14.5 Å². The molecule has 4 aromatic heterocycles. The van der Waals surface area contributed by atoms with Gasteiger partial charge >= 0.3 is 5.97 Å². The molecule has 0 spiro atoms. The second kappa shape index (κ2) is 10.3. The van der Waals surface area contributed by atoms with Crippen molar-refractivity contribution in [2.24, 2.45) is 7.05 Å². The average molecular weight is 548 g/mol. The average Bonchev–Trinajstić information content (AvgIpc) is 3.64. The number of carbonyl (C=O) groups is 1. The van der Waals surface area contributed by atoms with Gasteiger partial charge in [-0.3, -0.25) is 9.36 Å². The van der Waals surface area contributed by atoms with Crippen LogP contribution in [0.4, 0.5) is 0 Å². The third-order valence-corrected chi connectivity index (χ3v) is 7.60. The number of fused-ring (bicyclic) bond motifs is 2. The van der Waals surface area contributed by atoms with E-state index in [1.807, 2.05) is 53.8 Å². The van der Waals surface area contributed by atoms with Crippen LogP contribution in [0.2, 0.25) is 0 Å². The molecule has 208 valence electrons. The number of aromatic nitrogens is 7. The fourth-order valence-electron chi connectivity index (χ4n) is 5.59. The van der Waals surface area contributed by atoms with Crippen molar-refractivity contribution in [2.75, 3.05) is 7.11 Å². The highest BCUT2D eigenvalue weighted by Gasteiger charge is 2.23. The molecule has 0 aliphatic carbocycles. The molecule has 0 atom stereocenters. The first-order valence-electron chi connectivity index (χ1n) is 13.8. The second-order valence-corrected chi connectivity index (χ2v) is 10.8. The van der Waals surface area contributed by atoms with Gasteiger partial charge in [-0.1, -0.05) is 38.1 Å². The van der Waals surface area contributed by atoms with Gasteiger partial charge in [0.1, 0.15) is 0 Å². The SMILES string of the molecule is COC(=O)c1ccc(CCn2cc3c(-c4nn(-c5cc6cn(C)nc6nc5C)c(C)c4C(C)C)cccc3n2)cc1. The number of esters is 1. The first kappa shape index (κ1) is 26.4. The van der Waals surface area contributed by atoms with Gasteiger partial charge in [-0.05, 0) is 56.0 Å². The smallest absolute Gasteiger partial charge is 0.337 e. The molecule has 0 amide bonds. The number of methoxy groups -OCH3 is 1. The first-order valence-corrected chi connectivity index (χ1v) is 13.8.